The number of carbonyl (C=O) groups excluding carboxylic acids is 1. The van der Waals surface area contributed by atoms with Gasteiger partial charge in [0.15, 0.2) is 0 Å². The van der Waals surface area contributed by atoms with Crippen LogP contribution in [0.3, 0.4) is 0 Å². The summed E-state index contributed by atoms with van der Waals surface area (Å²) >= 11 is 12.8. The van der Waals surface area contributed by atoms with E-state index in [-0.39, 0.29) is 5.91 Å². The van der Waals surface area contributed by atoms with E-state index < -0.39 is 18.1 Å². The molecule has 0 aliphatic carbocycles. The molecule has 152 valence electrons. The summed E-state index contributed by atoms with van der Waals surface area (Å²) in [5, 5.41) is 10.7. The number of likely N-dealkylation sites (tertiary alicyclic amines) is 1. The maximum atomic E-state index is 13.4. The van der Waals surface area contributed by atoms with Gasteiger partial charge in [0.05, 0.1) is 6.04 Å². The van der Waals surface area contributed by atoms with Crippen molar-refractivity contribution in [2.45, 2.75) is 24.9 Å². The number of benzene rings is 3. The molecule has 0 aromatic heterocycles. The van der Waals surface area contributed by atoms with E-state index in [0.29, 0.717) is 28.5 Å². The van der Waals surface area contributed by atoms with Crippen molar-refractivity contribution >= 4 is 35.1 Å². The Morgan fingerprint density at radius 2 is 1.57 bits per heavy atom. The molecule has 1 N–H and O–H groups in total. The third kappa shape index (κ3) is 3.81. The molecule has 1 aliphatic rings. The van der Waals surface area contributed by atoms with E-state index in [1.807, 2.05) is 48.5 Å². The summed E-state index contributed by atoms with van der Waals surface area (Å²) in [6.45, 7) is 0. The summed E-state index contributed by atoms with van der Waals surface area (Å²) < 4.78 is 0. The Hall–Kier alpha value is -2.82. The number of carboxylic acid groups (broad SMARTS) is 1. The highest BCUT2D eigenvalue weighted by molar-refractivity contribution is 6.33. The van der Waals surface area contributed by atoms with Crippen molar-refractivity contribution in [3.8, 4) is 11.1 Å². The molecule has 3 aromatic rings. The molecule has 30 heavy (non-hydrogen) atoms. The van der Waals surface area contributed by atoms with E-state index in [4.69, 9.17) is 23.2 Å². The van der Waals surface area contributed by atoms with E-state index in [0.717, 1.165) is 16.7 Å². The van der Waals surface area contributed by atoms with Crippen LogP contribution in [0, 0.1) is 0 Å². The fourth-order valence-corrected chi connectivity index (χ4v) is 4.59. The second-order valence-electron chi connectivity index (χ2n) is 7.24. The Kier molecular flexibility index (Phi) is 5.80. The number of aliphatic carboxylic acids is 1. The van der Waals surface area contributed by atoms with Crippen LogP contribution in [0.5, 0.6) is 0 Å². The Labute approximate surface area is 184 Å². The third-order valence-electron chi connectivity index (χ3n) is 5.47. The van der Waals surface area contributed by atoms with Crippen molar-refractivity contribution in [1.82, 2.24) is 4.90 Å². The van der Waals surface area contributed by atoms with Crippen LogP contribution in [0.1, 0.15) is 34.8 Å². The predicted molar refractivity (Wildman–Crippen MR) is 118 cm³/mol. The Balaban J connectivity index is 1.71. The third-order valence-corrected chi connectivity index (χ3v) is 6.13. The molecule has 0 unspecified atom stereocenters. The lowest BCUT2D eigenvalue weighted by molar-refractivity contribution is -0.141. The molecule has 0 saturated carbocycles. The van der Waals surface area contributed by atoms with Crippen LogP contribution in [0.2, 0.25) is 10.0 Å². The number of carbonyl (C=O) groups is 2. The Morgan fingerprint density at radius 3 is 2.23 bits per heavy atom. The molecule has 0 radical (unpaired) electrons. The lowest BCUT2D eigenvalue weighted by atomic mass is 10.0. The zero-order valence-electron chi connectivity index (χ0n) is 16.0. The van der Waals surface area contributed by atoms with Crippen molar-refractivity contribution in [3.05, 3.63) is 94.0 Å². The molecule has 1 saturated heterocycles. The largest absolute Gasteiger partial charge is 0.480 e. The molecule has 1 heterocycles. The van der Waals surface area contributed by atoms with Gasteiger partial charge in [-0.05, 0) is 42.2 Å². The summed E-state index contributed by atoms with van der Waals surface area (Å²) in [4.78, 5) is 26.7. The molecule has 1 aliphatic heterocycles. The minimum Gasteiger partial charge on any atom is -0.480 e. The SMILES string of the molecule is O=C(O)[C@@H]1CC[C@H](c2ccccc2Cl)N1C(=O)c1ccc(-c2ccccc2)c(Cl)c1. The summed E-state index contributed by atoms with van der Waals surface area (Å²) in [6, 6.07) is 20.6. The van der Waals surface area contributed by atoms with Gasteiger partial charge in [-0.1, -0.05) is 77.8 Å². The van der Waals surface area contributed by atoms with Crippen LogP contribution in [0.15, 0.2) is 72.8 Å². The standard InChI is InChI=1S/C24H19Cl2NO3/c25-19-9-5-4-8-18(19)21-12-13-22(24(29)30)27(21)23(28)16-10-11-17(20(26)14-16)15-6-2-1-3-7-15/h1-11,14,21-22H,12-13H2,(H,29,30)/t21-,22+/m1/s1. The van der Waals surface area contributed by atoms with Gasteiger partial charge in [-0.15, -0.1) is 0 Å². The molecule has 3 aromatic carbocycles. The molecule has 4 nitrogen and oxygen atoms in total. The first-order chi connectivity index (χ1) is 14.5. The van der Waals surface area contributed by atoms with Gasteiger partial charge in [0.1, 0.15) is 6.04 Å². The van der Waals surface area contributed by atoms with Crippen LogP contribution in [-0.2, 0) is 4.79 Å². The van der Waals surface area contributed by atoms with E-state index in [9.17, 15) is 14.7 Å². The topological polar surface area (TPSA) is 57.6 Å². The number of carboxylic acids is 1. The molecule has 2 atom stereocenters. The second kappa shape index (κ2) is 8.50. The fourth-order valence-electron chi connectivity index (χ4n) is 4.04. The molecular weight excluding hydrogens is 421 g/mol. The van der Waals surface area contributed by atoms with Crippen LogP contribution in [-0.4, -0.2) is 27.9 Å². The molecule has 4 rings (SSSR count). The molecule has 1 amide bonds. The van der Waals surface area contributed by atoms with Gasteiger partial charge in [0.2, 0.25) is 0 Å². The maximum absolute atomic E-state index is 13.4. The van der Waals surface area contributed by atoms with Gasteiger partial charge in [0.25, 0.3) is 5.91 Å². The zero-order valence-corrected chi connectivity index (χ0v) is 17.5. The van der Waals surface area contributed by atoms with E-state index in [1.165, 1.54) is 4.90 Å². The summed E-state index contributed by atoms with van der Waals surface area (Å²) in [7, 11) is 0. The highest BCUT2D eigenvalue weighted by atomic mass is 35.5. The predicted octanol–water partition coefficient (Wildman–Crippen LogP) is 6.09. The summed E-state index contributed by atoms with van der Waals surface area (Å²) in [5.74, 6) is -1.39. The smallest absolute Gasteiger partial charge is 0.326 e. The normalized spacial score (nSPS) is 18.4. The molecule has 6 heteroatoms. The average molecular weight is 440 g/mol. The number of nitrogens with zero attached hydrogens (tertiary/aromatic N) is 1. The van der Waals surface area contributed by atoms with Crippen molar-refractivity contribution in [1.29, 1.82) is 0 Å². The zero-order chi connectivity index (χ0) is 21.3. The second-order valence-corrected chi connectivity index (χ2v) is 8.06. The lowest BCUT2D eigenvalue weighted by Gasteiger charge is -2.29. The lowest BCUT2D eigenvalue weighted by Crippen LogP contribution is -2.41. The van der Waals surface area contributed by atoms with Crippen LogP contribution >= 0.6 is 23.2 Å². The van der Waals surface area contributed by atoms with Gasteiger partial charge < -0.3 is 10.0 Å². The first-order valence-corrected chi connectivity index (χ1v) is 10.4. The monoisotopic (exact) mass is 439 g/mol. The van der Waals surface area contributed by atoms with Gasteiger partial charge >= 0.3 is 5.97 Å². The number of amides is 1. The van der Waals surface area contributed by atoms with E-state index >= 15 is 0 Å². The molecule has 0 bridgehead atoms. The number of hydrogen-bond donors (Lipinski definition) is 1. The minimum atomic E-state index is -1.02. The van der Waals surface area contributed by atoms with Crippen molar-refractivity contribution in [3.63, 3.8) is 0 Å². The van der Waals surface area contributed by atoms with Crippen molar-refractivity contribution < 1.29 is 14.7 Å². The Bertz CT molecular complexity index is 1100. The first kappa shape index (κ1) is 20.5. The van der Waals surface area contributed by atoms with Crippen LogP contribution in [0.25, 0.3) is 11.1 Å². The van der Waals surface area contributed by atoms with Crippen LogP contribution in [0.4, 0.5) is 0 Å². The highest BCUT2D eigenvalue weighted by Gasteiger charge is 2.42. The first-order valence-electron chi connectivity index (χ1n) is 9.62. The van der Waals surface area contributed by atoms with Crippen molar-refractivity contribution in [2.75, 3.05) is 0 Å². The highest BCUT2D eigenvalue weighted by Crippen LogP contribution is 2.40. The molecule has 0 spiro atoms. The number of rotatable bonds is 4. The molecular formula is C24H19Cl2NO3. The summed E-state index contributed by atoms with van der Waals surface area (Å²) in [5.41, 5.74) is 2.86. The minimum absolute atomic E-state index is 0.352. The summed E-state index contributed by atoms with van der Waals surface area (Å²) in [6.07, 6.45) is 0.898. The Morgan fingerprint density at radius 1 is 0.867 bits per heavy atom. The number of halogens is 2. The average Bonchev–Trinajstić information content (AvgIpc) is 3.19. The van der Waals surface area contributed by atoms with Gasteiger partial charge in [0, 0.05) is 21.2 Å². The fraction of sp³-hybridized carbons (Fsp3) is 0.167. The van der Waals surface area contributed by atoms with Gasteiger partial charge in [-0.25, -0.2) is 4.79 Å². The number of hydrogen-bond acceptors (Lipinski definition) is 2. The van der Waals surface area contributed by atoms with Gasteiger partial charge in [-0.3, -0.25) is 4.79 Å². The molecule has 1 fully saturated rings. The van der Waals surface area contributed by atoms with E-state index in [2.05, 4.69) is 0 Å². The quantitative estimate of drug-likeness (QED) is 0.534. The van der Waals surface area contributed by atoms with Crippen molar-refractivity contribution in [2.24, 2.45) is 0 Å². The van der Waals surface area contributed by atoms with E-state index in [1.54, 1.807) is 24.3 Å². The maximum Gasteiger partial charge on any atom is 0.326 e. The van der Waals surface area contributed by atoms with Gasteiger partial charge in [-0.2, -0.15) is 0 Å². The van der Waals surface area contributed by atoms with Crippen LogP contribution < -0.4 is 0 Å².